The van der Waals surface area contributed by atoms with Crippen molar-refractivity contribution in [1.82, 2.24) is 9.88 Å². The summed E-state index contributed by atoms with van der Waals surface area (Å²) in [6.45, 7) is 10.8. The lowest BCUT2D eigenvalue weighted by Crippen LogP contribution is -2.36. The molecule has 5 nitrogen and oxygen atoms in total. The molecule has 1 aliphatic heterocycles. The van der Waals surface area contributed by atoms with Crippen LogP contribution < -0.4 is 10.6 Å². The van der Waals surface area contributed by atoms with Gasteiger partial charge < -0.3 is 15.6 Å². The Hall–Kier alpha value is -2.79. The van der Waals surface area contributed by atoms with E-state index in [-0.39, 0.29) is 5.91 Å². The average Bonchev–Trinajstić information content (AvgIpc) is 3.22. The topological polar surface area (TPSA) is 65.4 Å². The highest BCUT2D eigenvalue weighted by Gasteiger charge is 2.29. The van der Waals surface area contributed by atoms with E-state index in [4.69, 9.17) is 5.73 Å². The molecule has 1 saturated heterocycles. The van der Waals surface area contributed by atoms with Crippen molar-refractivity contribution in [3.05, 3.63) is 65.2 Å². The predicted octanol–water partition coefficient (Wildman–Crippen LogP) is 5.52. The van der Waals surface area contributed by atoms with E-state index >= 15 is 0 Å². The summed E-state index contributed by atoms with van der Waals surface area (Å²) >= 11 is 0. The lowest BCUT2D eigenvalue weighted by molar-refractivity contribution is 0.100. The van der Waals surface area contributed by atoms with Crippen LogP contribution in [-0.2, 0) is 6.42 Å². The molecule has 1 amide bonds. The molecule has 4 rings (SSSR count). The number of rotatable bonds is 9. The number of piperidine rings is 1. The first-order valence-electron chi connectivity index (χ1n) is 12.5. The Morgan fingerprint density at radius 2 is 1.79 bits per heavy atom. The van der Waals surface area contributed by atoms with Crippen molar-refractivity contribution in [2.75, 3.05) is 31.1 Å². The minimum atomic E-state index is -0.372. The van der Waals surface area contributed by atoms with E-state index < -0.39 is 0 Å². The highest BCUT2D eigenvalue weighted by atomic mass is 16.1. The Balaban J connectivity index is 1.66. The van der Waals surface area contributed by atoms with Crippen molar-refractivity contribution >= 4 is 22.6 Å². The Morgan fingerprint density at radius 1 is 1.09 bits per heavy atom. The van der Waals surface area contributed by atoms with Crippen LogP contribution in [0.2, 0.25) is 0 Å². The minimum Gasteiger partial charge on any atom is -0.366 e. The Bertz CT molecular complexity index is 1060. The maximum atomic E-state index is 11.9. The van der Waals surface area contributed by atoms with Gasteiger partial charge in [0.15, 0.2) is 0 Å². The lowest BCUT2D eigenvalue weighted by Gasteiger charge is -2.36. The van der Waals surface area contributed by atoms with Gasteiger partial charge in [-0.05, 0) is 68.5 Å². The van der Waals surface area contributed by atoms with Crippen LogP contribution in [0.1, 0.15) is 67.6 Å². The van der Waals surface area contributed by atoms with E-state index in [1.54, 1.807) is 0 Å². The summed E-state index contributed by atoms with van der Waals surface area (Å²) < 4.78 is 0. The van der Waals surface area contributed by atoms with Gasteiger partial charge in [-0.1, -0.05) is 51.1 Å². The van der Waals surface area contributed by atoms with Gasteiger partial charge in [0.25, 0.3) is 0 Å². The zero-order valence-electron chi connectivity index (χ0n) is 20.3. The summed E-state index contributed by atoms with van der Waals surface area (Å²) in [5, 5.41) is 1.13. The third-order valence-electron chi connectivity index (χ3n) is 7.37. The molecule has 0 bridgehead atoms. The van der Waals surface area contributed by atoms with Gasteiger partial charge in [-0.15, -0.1) is 0 Å². The number of nitrogens with two attached hydrogens (primary N) is 1. The molecule has 1 fully saturated rings. The molecule has 3 aromatic rings. The second-order valence-electron chi connectivity index (χ2n) is 9.28. The van der Waals surface area contributed by atoms with Crippen molar-refractivity contribution in [2.45, 2.75) is 52.5 Å². The van der Waals surface area contributed by atoms with E-state index in [1.165, 1.54) is 29.8 Å². The molecule has 2 heterocycles. The molecule has 33 heavy (non-hydrogen) atoms. The number of nitrogens with one attached hydrogen (secondary N) is 1. The number of fused-ring (bicyclic) bond motifs is 1. The van der Waals surface area contributed by atoms with Gasteiger partial charge in [0, 0.05) is 41.2 Å². The molecule has 0 aliphatic carbocycles. The molecule has 1 aromatic heterocycles. The molecule has 176 valence electrons. The van der Waals surface area contributed by atoms with Gasteiger partial charge in [0.2, 0.25) is 5.91 Å². The number of benzene rings is 2. The van der Waals surface area contributed by atoms with Crippen molar-refractivity contribution < 1.29 is 4.79 Å². The van der Waals surface area contributed by atoms with E-state index in [1.807, 2.05) is 18.2 Å². The number of hydrogen-bond donors (Lipinski definition) is 2. The monoisotopic (exact) mass is 446 g/mol. The first kappa shape index (κ1) is 23.4. The average molecular weight is 447 g/mol. The van der Waals surface area contributed by atoms with Gasteiger partial charge in [0.05, 0.1) is 0 Å². The fourth-order valence-corrected chi connectivity index (χ4v) is 5.56. The molecule has 0 spiro atoms. The van der Waals surface area contributed by atoms with Gasteiger partial charge in [-0.3, -0.25) is 9.69 Å². The second-order valence-corrected chi connectivity index (χ2v) is 9.28. The Kier molecular flexibility index (Phi) is 7.39. The van der Waals surface area contributed by atoms with Crippen LogP contribution in [0.3, 0.4) is 0 Å². The second kappa shape index (κ2) is 10.4. The van der Waals surface area contributed by atoms with Crippen LogP contribution in [0.5, 0.6) is 0 Å². The van der Waals surface area contributed by atoms with Crippen molar-refractivity contribution in [1.29, 1.82) is 0 Å². The number of aromatic amines is 1. The first-order chi connectivity index (χ1) is 16.0. The van der Waals surface area contributed by atoms with Crippen LogP contribution in [-0.4, -0.2) is 42.0 Å². The highest BCUT2D eigenvalue weighted by molar-refractivity contribution is 5.99. The summed E-state index contributed by atoms with van der Waals surface area (Å²) in [7, 11) is 0. The summed E-state index contributed by atoms with van der Waals surface area (Å²) in [6.07, 6.45) is 4.57. The van der Waals surface area contributed by atoms with Crippen LogP contribution in [0.25, 0.3) is 10.9 Å². The van der Waals surface area contributed by atoms with Crippen molar-refractivity contribution in [3.63, 3.8) is 0 Å². The minimum absolute atomic E-state index is 0.300. The molecule has 1 unspecified atom stereocenters. The number of H-pyrrole nitrogens is 1. The number of nitrogens with zero attached hydrogens (tertiary/aromatic N) is 2. The standard InChI is InChI=1S/C28H38N4O/c1-4-25(31(5-2)6-3)26-23-19-22(27(29)33)12-13-24(23)30-28(26)32-16-14-21(15-17-32)18-20-10-8-7-9-11-20/h7-13,19,21,25,30H,4-6,14-18H2,1-3H3,(H2,29,33). The molecule has 0 radical (unpaired) electrons. The molecule has 3 N–H and O–H groups in total. The van der Waals surface area contributed by atoms with Crippen LogP contribution >= 0.6 is 0 Å². The number of carbonyl (C=O) groups excluding carboxylic acids is 1. The summed E-state index contributed by atoms with van der Waals surface area (Å²) in [5.41, 5.74) is 10.1. The zero-order chi connectivity index (χ0) is 23.4. The van der Waals surface area contributed by atoms with Crippen LogP contribution in [0.4, 0.5) is 5.82 Å². The molecule has 1 aliphatic rings. The third kappa shape index (κ3) is 4.93. The quantitative estimate of drug-likeness (QED) is 0.455. The Labute approximate surface area is 198 Å². The van der Waals surface area contributed by atoms with Gasteiger partial charge in [0.1, 0.15) is 5.82 Å². The van der Waals surface area contributed by atoms with E-state index in [0.29, 0.717) is 11.6 Å². The molecular formula is C28H38N4O. The third-order valence-corrected chi connectivity index (χ3v) is 7.37. The maximum absolute atomic E-state index is 11.9. The number of carbonyl (C=O) groups is 1. The highest BCUT2D eigenvalue weighted by Crippen LogP contribution is 2.40. The van der Waals surface area contributed by atoms with Gasteiger partial charge >= 0.3 is 0 Å². The fourth-order valence-electron chi connectivity index (χ4n) is 5.56. The van der Waals surface area contributed by atoms with Crippen LogP contribution in [0, 0.1) is 5.92 Å². The SMILES string of the molecule is CCC(c1c(N2CCC(Cc3ccccc3)CC2)[nH]c2ccc(C(N)=O)cc12)N(CC)CC. The van der Waals surface area contributed by atoms with Crippen molar-refractivity contribution in [2.24, 2.45) is 11.7 Å². The number of anilines is 1. The Morgan fingerprint density at radius 3 is 2.39 bits per heavy atom. The van der Waals surface area contributed by atoms with Gasteiger partial charge in [-0.25, -0.2) is 0 Å². The van der Waals surface area contributed by atoms with Crippen molar-refractivity contribution in [3.8, 4) is 0 Å². The molecule has 2 aromatic carbocycles. The summed E-state index contributed by atoms with van der Waals surface area (Å²) in [4.78, 5) is 20.7. The molecule has 5 heteroatoms. The number of aromatic nitrogens is 1. The molecule has 1 atom stereocenters. The number of hydrogen-bond acceptors (Lipinski definition) is 3. The van der Waals surface area contributed by atoms with Gasteiger partial charge in [-0.2, -0.15) is 0 Å². The summed E-state index contributed by atoms with van der Waals surface area (Å²) in [6, 6.07) is 17.0. The van der Waals surface area contributed by atoms with E-state index in [2.05, 4.69) is 65.9 Å². The zero-order valence-corrected chi connectivity index (χ0v) is 20.3. The first-order valence-corrected chi connectivity index (χ1v) is 12.5. The lowest BCUT2D eigenvalue weighted by atomic mass is 9.90. The predicted molar refractivity (Wildman–Crippen MR) is 138 cm³/mol. The number of amides is 1. The fraction of sp³-hybridized carbons (Fsp3) is 0.464. The maximum Gasteiger partial charge on any atom is 0.248 e. The van der Waals surface area contributed by atoms with E-state index in [9.17, 15) is 4.79 Å². The smallest absolute Gasteiger partial charge is 0.248 e. The van der Waals surface area contributed by atoms with E-state index in [0.717, 1.165) is 55.8 Å². The molecule has 0 saturated carbocycles. The molecular weight excluding hydrogens is 408 g/mol. The summed E-state index contributed by atoms with van der Waals surface area (Å²) in [5.74, 6) is 1.58. The largest absolute Gasteiger partial charge is 0.366 e. The van der Waals surface area contributed by atoms with Crippen LogP contribution in [0.15, 0.2) is 48.5 Å². The number of primary amides is 1. The normalized spacial score (nSPS) is 15.9.